The molecule has 5 heteroatoms. The van der Waals surface area contributed by atoms with E-state index in [1.54, 1.807) is 17.3 Å². The molecule has 0 aromatic carbocycles. The Morgan fingerprint density at radius 1 is 1.35 bits per heavy atom. The maximum Gasteiger partial charge on any atom is 0.409 e. The number of carbonyl (C=O) groups excluding carboxylic acids is 1. The maximum atomic E-state index is 11.8. The minimum Gasteiger partial charge on any atom is -0.490 e. The summed E-state index contributed by atoms with van der Waals surface area (Å²) >= 11 is 0. The van der Waals surface area contributed by atoms with E-state index in [9.17, 15) is 4.79 Å². The molecule has 0 atom stereocenters. The fourth-order valence-corrected chi connectivity index (χ4v) is 2.16. The number of nitrogens with zero attached hydrogens (tertiary/aromatic N) is 2. The van der Waals surface area contributed by atoms with Crippen LogP contribution in [0.3, 0.4) is 0 Å². The van der Waals surface area contributed by atoms with E-state index in [4.69, 9.17) is 9.47 Å². The molecule has 1 aliphatic rings. The van der Waals surface area contributed by atoms with Crippen molar-refractivity contribution in [2.24, 2.45) is 0 Å². The van der Waals surface area contributed by atoms with Gasteiger partial charge in [-0.15, -0.1) is 0 Å². The van der Waals surface area contributed by atoms with Crippen LogP contribution in [-0.4, -0.2) is 41.8 Å². The number of likely N-dealkylation sites (tertiary alicyclic amines) is 1. The topological polar surface area (TPSA) is 51.7 Å². The van der Waals surface area contributed by atoms with E-state index in [-0.39, 0.29) is 12.2 Å². The molecule has 0 spiro atoms. The molecule has 0 unspecified atom stereocenters. The lowest BCUT2D eigenvalue weighted by atomic mass is 10.1. The van der Waals surface area contributed by atoms with E-state index >= 15 is 0 Å². The first-order chi connectivity index (χ1) is 9.79. The van der Waals surface area contributed by atoms with Crippen LogP contribution in [0.15, 0.2) is 24.5 Å². The zero-order valence-corrected chi connectivity index (χ0v) is 12.0. The predicted octanol–water partition coefficient (Wildman–Crippen LogP) is 2.86. The molecular weight excluding hydrogens is 256 g/mol. The van der Waals surface area contributed by atoms with E-state index in [0.717, 1.165) is 31.4 Å². The van der Waals surface area contributed by atoms with Crippen LogP contribution >= 0.6 is 0 Å². The normalized spacial score (nSPS) is 15.9. The van der Waals surface area contributed by atoms with Gasteiger partial charge in [-0.25, -0.2) is 4.79 Å². The average molecular weight is 278 g/mol. The van der Waals surface area contributed by atoms with Crippen LogP contribution in [0.5, 0.6) is 5.75 Å². The summed E-state index contributed by atoms with van der Waals surface area (Å²) < 4.78 is 11.1. The van der Waals surface area contributed by atoms with Gasteiger partial charge in [0.05, 0.1) is 6.61 Å². The highest BCUT2D eigenvalue weighted by Gasteiger charge is 2.24. The summed E-state index contributed by atoms with van der Waals surface area (Å²) in [7, 11) is 0. The van der Waals surface area contributed by atoms with Gasteiger partial charge in [-0.1, -0.05) is 13.3 Å². The fourth-order valence-electron chi connectivity index (χ4n) is 2.16. The Kier molecular flexibility index (Phi) is 5.65. The van der Waals surface area contributed by atoms with Crippen LogP contribution in [0, 0.1) is 0 Å². The Labute approximate surface area is 119 Å². The summed E-state index contributed by atoms with van der Waals surface area (Å²) in [5.74, 6) is 0.837. The Morgan fingerprint density at radius 3 is 2.70 bits per heavy atom. The zero-order chi connectivity index (χ0) is 14.2. The van der Waals surface area contributed by atoms with Gasteiger partial charge in [-0.3, -0.25) is 4.98 Å². The minimum atomic E-state index is -0.194. The molecule has 0 saturated carbocycles. The number of pyridine rings is 1. The van der Waals surface area contributed by atoms with Gasteiger partial charge in [0.25, 0.3) is 0 Å². The maximum absolute atomic E-state index is 11.8. The molecule has 110 valence electrons. The second kappa shape index (κ2) is 7.72. The zero-order valence-electron chi connectivity index (χ0n) is 12.0. The average Bonchev–Trinajstić information content (AvgIpc) is 2.49. The second-order valence-electron chi connectivity index (χ2n) is 4.96. The molecule has 1 aliphatic heterocycles. The molecule has 0 N–H and O–H groups in total. The first-order valence-corrected chi connectivity index (χ1v) is 7.28. The van der Waals surface area contributed by atoms with Gasteiger partial charge in [-0.05, 0) is 18.6 Å². The van der Waals surface area contributed by atoms with Gasteiger partial charge in [0.15, 0.2) is 0 Å². The summed E-state index contributed by atoms with van der Waals surface area (Å²) in [5, 5.41) is 0. The standard InChI is InChI=1S/C15H22N2O3/c1-2-3-12-19-15(18)17-10-6-14(7-11-17)20-13-4-8-16-9-5-13/h4-5,8-9,14H,2-3,6-7,10-12H2,1H3. The highest BCUT2D eigenvalue weighted by Crippen LogP contribution is 2.18. The van der Waals surface area contributed by atoms with Gasteiger partial charge < -0.3 is 14.4 Å². The quantitative estimate of drug-likeness (QED) is 0.777. The number of hydrogen-bond acceptors (Lipinski definition) is 4. The largest absolute Gasteiger partial charge is 0.490 e. The van der Waals surface area contributed by atoms with Crippen LogP contribution in [0.2, 0.25) is 0 Å². The van der Waals surface area contributed by atoms with Crippen molar-refractivity contribution in [1.82, 2.24) is 9.88 Å². The van der Waals surface area contributed by atoms with Crippen molar-refractivity contribution in [2.75, 3.05) is 19.7 Å². The Morgan fingerprint density at radius 2 is 2.05 bits per heavy atom. The first-order valence-electron chi connectivity index (χ1n) is 7.28. The summed E-state index contributed by atoms with van der Waals surface area (Å²) in [6.45, 7) is 3.99. The molecule has 1 aromatic heterocycles. The van der Waals surface area contributed by atoms with Crippen LogP contribution in [0.4, 0.5) is 4.79 Å². The first kappa shape index (κ1) is 14.6. The summed E-state index contributed by atoms with van der Waals surface area (Å²) in [4.78, 5) is 17.5. The Hall–Kier alpha value is -1.78. The van der Waals surface area contributed by atoms with Gasteiger partial charge >= 0.3 is 6.09 Å². The van der Waals surface area contributed by atoms with Gasteiger partial charge in [-0.2, -0.15) is 0 Å². The lowest BCUT2D eigenvalue weighted by Crippen LogP contribution is -2.42. The number of ether oxygens (including phenoxy) is 2. The van der Waals surface area contributed by atoms with Crippen molar-refractivity contribution in [3.63, 3.8) is 0 Å². The molecule has 2 heterocycles. The molecule has 0 aliphatic carbocycles. The molecular formula is C15H22N2O3. The second-order valence-corrected chi connectivity index (χ2v) is 4.96. The Bertz CT molecular complexity index is 403. The van der Waals surface area contributed by atoms with Crippen LogP contribution in [-0.2, 0) is 4.74 Å². The molecule has 0 bridgehead atoms. The lowest BCUT2D eigenvalue weighted by molar-refractivity contribution is 0.0670. The fraction of sp³-hybridized carbons (Fsp3) is 0.600. The number of rotatable bonds is 5. The van der Waals surface area contributed by atoms with Gasteiger partial charge in [0.2, 0.25) is 0 Å². The number of aromatic nitrogens is 1. The van der Waals surface area contributed by atoms with Crippen molar-refractivity contribution in [1.29, 1.82) is 0 Å². The number of hydrogen-bond donors (Lipinski definition) is 0. The summed E-state index contributed by atoms with van der Waals surface area (Å²) in [6, 6.07) is 3.71. The van der Waals surface area contributed by atoms with Crippen LogP contribution in [0.25, 0.3) is 0 Å². The lowest BCUT2D eigenvalue weighted by Gasteiger charge is -2.31. The molecule has 0 radical (unpaired) electrons. The minimum absolute atomic E-state index is 0.164. The number of amides is 1. The smallest absolute Gasteiger partial charge is 0.409 e. The highest BCUT2D eigenvalue weighted by molar-refractivity contribution is 5.67. The van der Waals surface area contributed by atoms with Crippen molar-refractivity contribution >= 4 is 6.09 Å². The third kappa shape index (κ3) is 4.40. The Balaban J connectivity index is 1.71. The SMILES string of the molecule is CCCCOC(=O)N1CCC(Oc2ccncc2)CC1. The number of carbonyl (C=O) groups is 1. The third-order valence-corrected chi connectivity index (χ3v) is 3.38. The molecule has 1 aromatic rings. The number of unbranched alkanes of at least 4 members (excludes halogenated alkanes) is 1. The van der Waals surface area contributed by atoms with Crippen LogP contribution in [0.1, 0.15) is 32.6 Å². The highest BCUT2D eigenvalue weighted by atomic mass is 16.6. The van der Waals surface area contributed by atoms with E-state index < -0.39 is 0 Å². The monoisotopic (exact) mass is 278 g/mol. The number of piperidine rings is 1. The van der Waals surface area contributed by atoms with Crippen molar-refractivity contribution in [2.45, 2.75) is 38.7 Å². The predicted molar refractivity (Wildman–Crippen MR) is 75.7 cm³/mol. The molecule has 1 fully saturated rings. The van der Waals surface area contributed by atoms with Gasteiger partial charge in [0, 0.05) is 38.3 Å². The van der Waals surface area contributed by atoms with E-state index in [1.807, 2.05) is 12.1 Å². The summed E-state index contributed by atoms with van der Waals surface area (Å²) in [6.07, 6.45) is 7.04. The molecule has 5 nitrogen and oxygen atoms in total. The molecule has 20 heavy (non-hydrogen) atoms. The van der Waals surface area contributed by atoms with Gasteiger partial charge in [0.1, 0.15) is 11.9 Å². The molecule has 1 saturated heterocycles. The van der Waals surface area contributed by atoms with Crippen molar-refractivity contribution in [3.8, 4) is 5.75 Å². The van der Waals surface area contributed by atoms with Crippen molar-refractivity contribution < 1.29 is 14.3 Å². The van der Waals surface area contributed by atoms with Crippen LogP contribution < -0.4 is 4.74 Å². The molecule has 1 amide bonds. The van der Waals surface area contributed by atoms with E-state index in [1.165, 1.54) is 0 Å². The third-order valence-electron chi connectivity index (χ3n) is 3.38. The summed E-state index contributed by atoms with van der Waals surface area (Å²) in [5.41, 5.74) is 0. The molecule has 2 rings (SSSR count). The van der Waals surface area contributed by atoms with E-state index in [0.29, 0.717) is 19.7 Å². The van der Waals surface area contributed by atoms with Crippen molar-refractivity contribution in [3.05, 3.63) is 24.5 Å². The van der Waals surface area contributed by atoms with E-state index in [2.05, 4.69) is 11.9 Å².